The van der Waals surface area contributed by atoms with Crippen molar-refractivity contribution in [2.24, 2.45) is 5.11 Å². The maximum atomic E-state index is 8.08. The van der Waals surface area contributed by atoms with Crippen molar-refractivity contribution in [1.29, 1.82) is 0 Å². The van der Waals surface area contributed by atoms with E-state index in [1.165, 1.54) is 11.3 Å². The van der Waals surface area contributed by atoms with Gasteiger partial charge in [0.1, 0.15) is 0 Å². The zero-order valence-electron chi connectivity index (χ0n) is 5.43. The third-order valence-electron chi connectivity index (χ3n) is 1.09. The van der Waals surface area contributed by atoms with Crippen molar-refractivity contribution in [3.63, 3.8) is 0 Å². The van der Waals surface area contributed by atoms with Gasteiger partial charge >= 0.3 is 0 Å². The molecule has 0 bridgehead atoms. The molecule has 1 atom stereocenters. The van der Waals surface area contributed by atoms with Crippen molar-refractivity contribution < 1.29 is 0 Å². The van der Waals surface area contributed by atoms with Crippen LogP contribution in [-0.2, 0) is 0 Å². The fourth-order valence-electron chi connectivity index (χ4n) is 0.566. The van der Waals surface area contributed by atoms with Gasteiger partial charge in [-0.25, -0.2) is 0 Å². The van der Waals surface area contributed by atoms with Gasteiger partial charge in [0.25, 0.3) is 0 Å². The number of aromatic nitrogens is 1. The van der Waals surface area contributed by atoms with E-state index in [0.29, 0.717) is 0 Å². The van der Waals surface area contributed by atoms with Gasteiger partial charge in [-0.1, -0.05) is 12.0 Å². The lowest BCUT2D eigenvalue weighted by Gasteiger charge is -1.95. The van der Waals surface area contributed by atoms with Gasteiger partial charge in [-0.15, -0.1) is 11.3 Å². The summed E-state index contributed by atoms with van der Waals surface area (Å²) in [5, 5.41) is 3.52. The first-order chi connectivity index (χ1) is 4.84. The van der Waals surface area contributed by atoms with Gasteiger partial charge in [-0.3, -0.25) is 4.98 Å². The molecular formula is C5H6N4S. The Morgan fingerprint density at radius 3 is 3.20 bits per heavy atom. The van der Waals surface area contributed by atoms with Crippen LogP contribution in [0.1, 0.15) is 17.8 Å². The quantitative estimate of drug-likeness (QED) is 0.366. The molecule has 1 aromatic heterocycles. The Balaban J connectivity index is 2.76. The summed E-state index contributed by atoms with van der Waals surface area (Å²) in [6.07, 6.45) is 1.71. The SMILES string of the molecule is C[C@H](N=[N+]=[N-])c1cncs1. The van der Waals surface area contributed by atoms with E-state index in [1.54, 1.807) is 11.7 Å². The first-order valence-electron chi connectivity index (χ1n) is 2.77. The topological polar surface area (TPSA) is 61.7 Å². The summed E-state index contributed by atoms with van der Waals surface area (Å²) in [6.45, 7) is 1.84. The van der Waals surface area contributed by atoms with Crippen LogP contribution in [0.15, 0.2) is 16.8 Å². The van der Waals surface area contributed by atoms with Crippen molar-refractivity contribution in [2.75, 3.05) is 0 Å². The van der Waals surface area contributed by atoms with Crippen molar-refractivity contribution >= 4 is 11.3 Å². The monoisotopic (exact) mass is 154 g/mol. The van der Waals surface area contributed by atoms with Crippen LogP contribution in [0, 0.1) is 0 Å². The van der Waals surface area contributed by atoms with Gasteiger partial charge in [-0.05, 0) is 5.53 Å². The van der Waals surface area contributed by atoms with Gasteiger partial charge in [-0.2, -0.15) is 0 Å². The van der Waals surface area contributed by atoms with Crippen molar-refractivity contribution in [3.8, 4) is 0 Å². The van der Waals surface area contributed by atoms with E-state index in [4.69, 9.17) is 5.53 Å². The smallest absolute Gasteiger partial charge is 0.0794 e. The highest BCUT2D eigenvalue weighted by molar-refractivity contribution is 7.09. The van der Waals surface area contributed by atoms with E-state index in [-0.39, 0.29) is 6.04 Å². The first kappa shape index (κ1) is 7.05. The second-order valence-corrected chi connectivity index (χ2v) is 2.70. The first-order valence-corrected chi connectivity index (χ1v) is 3.65. The van der Waals surface area contributed by atoms with Gasteiger partial charge in [0, 0.05) is 16.0 Å². The molecule has 0 aliphatic heterocycles. The summed E-state index contributed by atoms with van der Waals surface area (Å²) in [7, 11) is 0. The molecule has 10 heavy (non-hydrogen) atoms. The Morgan fingerprint density at radius 1 is 1.90 bits per heavy atom. The van der Waals surface area contributed by atoms with E-state index in [0.717, 1.165) is 4.88 Å². The molecule has 5 heteroatoms. The molecule has 0 amide bonds. The number of thiazole rings is 1. The van der Waals surface area contributed by atoms with E-state index < -0.39 is 0 Å². The fourth-order valence-corrected chi connectivity index (χ4v) is 1.18. The average Bonchev–Trinajstić information content (AvgIpc) is 2.38. The molecule has 0 aromatic carbocycles. The van der Waals surface area contributed by atoms with Gasteiger partial charge in [0.05, 0.1) is 11.6 Å². The van der Waals surface area contributed by atoms with Crippen LogP contribution in [0.5, 0.6) is 0 Å². The Bertz CT molecular complexity index is 236. The minimum Gasteiger partial charge on any atom is -0.253 e. The van der Waals surface area contributed by atoms with Gasteiger partial charge in [0.15, 0.2) is 0 Å². The largest absolute Gasteiger partial charge is 0.253 e. The Kier molecular flexibility index (Phi) is 2.25. The standard InChI is InChI=1S/C5H6N4S/c1-4(8-9-6)5-2-7-3-10-5/h2-4H,1H3/t4-/m0/s1. The summed E-state index contributed by atoms with van der Waals surface area (Å²) in [5.74, 6) is 0. The number of nitrogens with zero attached hydrogens (tertiary/aromatic N) is 4. The fraction of sp³-hybridized carbons (Fsp3) is 0.400. The van der Waals surface area contributed by atoms with Crippen molar-refractivity contribution in [3.05, 3.63) is 27.0 Å². The molecular weight excluding hydrogens is 148 g/mol. The molecule has 0 N–H and O–H groups in total. The summed E-state index contributed by atoms with van der Waals surface area (Å²) < 4.78 is 0. The number of hydrogen-bond acceptors (Lipinski definition) is 3. The molecule has 1 rings (SSSR count). The summed E-state index contributed by atoms with van der Waals surface area (Å²) in [6, 6.07) is -0.0856. The van der Waals surface area contributed by atoms with Gasteiger partial charge < -0.3 is 0 Å². The molecule has 52 valence electrons. The van der Waals surface area contributed by atoms with E-state index in [9.17, 15) is 0 Å². The molecule has 0 spiro atoms. The Morgan fingerprint density at radius 2 is 2.70 bits per heavy atom. The highest BCUT2D eigenvalue weighted by atomic mass is 32.1. The molecule has 0 saturated heterocycles. The molecule has 0 aliphatic rings. The van der Waals surface area contributed by atoms with Crippen LogP contribution in [0.2, 0.25) is 0 Å². The second-order valence-electron chi connectivity index (χ2n) is 1.78. The normalized spacial score (nSPS) is 12.1. The molecule has 0 unspecified atom stereocenters. The molecule has 1 heterocycles. The lowest BCUT2D eigenvalue weighted by molar-refractivity contribution is 0.824. The summed E-state index contributed by atoms with van der Waals surface area (Å²) >= 11 is 1.50. The van der Waals surface area contributed by atoms with Gasteiger partial charge in [0.2, 0.25) is 0 Å². The third kappa shape index (κ3) is 1.46. The minimum atomic E-state index is -0.0856. The molecule has 1 aromatic rings. The van der Waals surface area contributed by atoms with Crippen molar-refractivity contribution in [1.82, 2.24) is 4.98 Å². The molecule has 0 aliphatic carbocycles. The molecule has 4 nitrogen and oxygen atoms in total. The average molecular weight is 154 g/mol. The molecule has 0 fully saturated rings. The summed E-state index contributed by atoms with van der Waals surface area (Å²) in [5.41, 5.74) is 9.80. The minimum absolute atomic E-state index is 0.0856. The van der Waals surface area contributed by atoms with E-state index >= 15 is 0 Å². The van der Waals surface area contributed by atoms with Crippen LogP contribution < -0.4 is 0 Å². The zero-order valence-corrected chi connectivity index (χ0v) is 6.25. The van der Waals surface area contributed by atoms with Crippen LogP contribution in [0.3, 0.4) is 0 Å². The second kappa shape index (κ2) is 3.20. The number of hydrogen-bond donors (Lipinski definition) is 0. The molecule has 0 saturated carbocycles. The van der Waals surface area contributed by atoms with Crippen molar-refractivity contribution in [2.45, 2.75) is 13.0 Å². The Labute approximate surface area is 62.2 Å². The lowest BCUT2D eigenvalue weighted by Crippen LogP contribution is -1.80. The molecule has 0 radical (unpaired) electrons. The maximum absolute atomic E-state index is 8.08. The predicted molar refractivity (Wildman–Crippen MR) is 39.7 cm³/mol. The maximum Gasteiger partial charge on any atom is 0.0794 e. The third-order valence-corrected chi connectivity index (χ3v) is 2.03. The predicted octanol–water partition coefficient (Wildman–Crippen LogP) is 2.51. The van der Waals surface area contributed by atoms with Crippen LogP contribution in [0.4, 0.5) is 0 Å². The summed E-state index contributed by atoms with van der Waals surface area (Å²) in [4.78, 5) is 7.55. The van der Waals surface area contributed by atoms with Crippen LogP contribution >= 0.6 is 11.3 Å². The van der Waals surface area contributed by atoms with Crippen LogP contribution in [-0.4, -0.2) is 4.98 Å². The van der Waals surface area contributed by atoms with E-state index in [1.807, 2.05) is 6.92 Å². The zero-order chi connectivity index (χ0) is 7.40. The number of azide groups is 1. The highest BCUT2D eigenvalue weighted by Gasteiger charge is 2.02. The Hall–Kier alpha value is -1.06. The lowest BCUT2D eigenvalue weighted by atomic mass is 10.3. The van der Waals surface area contributed by atoms with E-state index in [2.05, 4.69) is 15.0 Å². The van der Waals surface area contributed by atoms with Crippen LogP contribution in [0.25, 0.3) is 10.4 Å². The number of rotatable bonds is 2. The highest BCUT2D eigenvalue weighted by Crippen LogP contribution is 2.19.